The maximum Gasteiger partial charge on any atom is 0.326 e. The van der Waals surface area contributed by atoms with Crippen molar-refractivity contribution in [2.24, 2.45) is 0 Å². The van der Waals surface area contributed by atoms with Crippen molar-refractivity contribution in [2.45, 2.75) is 31.7 Å². The van der Waals surface area contributed by atoms with Gasteiger partial charge in [0.15, 0.2) is 0 Å². The number of carbonyl (C=O) groups is 3. The summed E-state index contributed by atoms with van der Waals surface area (Å²) in [7, 11) is 0. The third kappa shape index (κ3) is 7.33. The van der Waals surface area contributed by atoms with Crippen LogP contribution < -0.4 is 10.6 Å². The molecule has 0 bridgehead atoms. The Balaban J connectivity index is 1.43. The number of benzene rings is 2. The number of carbonyl (C=O) groups excluding carboxylic acids is 2. The lowest BCUT2D eigenvalue weighted by Gasteiger charge is -2.24. The minimum absolute atomic E-state index is 0.0385. The topological polar surface area (TPSA) is 98.7 Å². The largest absolute Gasteiger partial charge is 0.480 e. The summed E-state index contributed by atoms with van der Waals surface area (Å²) < 4.78 is 0. The maximum absolute atomic E-state index is 13.1. The molecule has 1 aliphatic rings. The Kier molecular flexibility index (Phi) is 9.48. The van der Waals surface area contributed by atoms with Crippen LogP contribution in [0, 0.1) is 0 Å². The molecule has 0 saturated heterocycles. The molecule has 39 heavy (non-hydrogen) atoms. The second kappa shape index (κ2) is 13.4. The monoisotopic (exact) mass is 541 g/mol. The van der Waals surface area contributed by atoms with Gasteiger partial charge in [-0.15, -0.1) is 11.3 Å². The highest BCUT2D eigenvalue weighted by atomic mass is 32.1. The molecule has 0 fully saturated rings. The molecule has 3 aromatic rings. The third-order valence-corrected chi connectivity index (χ3v) is 7.50. The average molecular weight is 542 g/mol. The Morgan fingerprint density at radius 1 is 0.923 bits per heavy atom. The molecule has 1 aliphatic heterocycles. The van der Waals surface area contributed by atoms with Crippen LogP contribution in [0.3, 0.4) is 0 Å². The number of nitrogens with one attached hydrogen (secondary N) is 2. The van der Waals surface area contributed by atoms with Gasteiger partial charge in [-0.3, -0.25) is 14.5 Å². The van der Waals surface area contributed by atoms with Crippen LogP contribution in [0.4, 0.5) is 0 Å². The predicted molar refractivity (Wildman–Crippen MR) is 153 cm³/mol. The summed E-state index contributed by atoms with van der Waals surface area (Å²) in [6, 6.07) is 22.8. The van der Waals surface area contributed by atoms with Gasteiger partial charge in [0.2, 0.25) is 5.91 Å². The molecule has 2 aromatic carbocycles. The van der Waals surface area contributed by atoms with Crippen LogP contribution in [0.15, 0.2) is 109 Å². The summed E-state index contributed by atoms with van der Waals surface area (Å²) in [6.45, 7) is 1.78. The van der Waals surface area contributed by atoms with E-state index in [0.29, 0.717) is 23.7 Å². The van der Waals surface area contributed by atoms with Crippen LogP contribution in [-0.4, -0.2) is 40.4 Å². The normalized spacial score (nSPS) is 13.2. The molecule has 7 nitrogen and oxygen atoms in total. The molecular weight excluding hydrogens is 510 g/mol. The predicted octanol–water partition coefficient (Wildman–Crippen LogP) is 5.25. The van der Waals surface area contributed by atoms with Crippen LogP contribution in [0.25, 0.3) is 0 Å². The Hall–Kier alpha value is -4.43. The van der Waals surface area contributed by atoms with Gasteiger partial charge in [0.1, 0.15) is 11.9 Å². The molecule has 0 saturated carbocycles. The number of hydrogen-bond acceptors (Lipinski definition) is 5. The van der Waals surface area contributed by atoms with E-state index in [1.807, 2.05) is 60.7 Å². The molecule has 0 spiro atoms. The lowest BCUT2D eigenvalue weighted by atomic mass is 9.90. The Morgan fingerprint density at radius 2 is 1.59 bits per heavy atom. The molecular formula is C31H31N3O4S. The van der Waals surface area contributed by atoms with E-state index in [2.05, 4.69) is 34.9 Å². The van der Waals surface area contributed by atoms with Crippen LogP contribution in [0.5, 0.6) is 0 Å². The van der Waals surface area contributed by atoms with Gasteiger partial charge in [-0.05, 0) is 48.3 Å². The fraction of sp³-hybridized carbons (Fsp3) is 0.194. The van der Waals surface area contributed by atoms with Crippen molar-refractivity contribution in [3.8, 4) is 0 Å². The van der Waals surface area contributed by atoms with Crippen molar-refractivity contribution < 1.29 is 19.5 Å². The van der Waals surface area contributed by atoms with E-state index in [-0.39, 0.29) is 18.2 Å². The number of carboxylic acid groups (broad SMARTS) is 1. The number of rotatable bonds is 11. The van der Waals surface area contributed by atoms with Crippen LogP contribution in [0.1, 0.15) is 51.4 Å². The first-order valence-electron chi connectivity index (χ1n) is 12.8. The van der Waals surface area contributed by atoms with E-state index in [4.69, 9.17) is 0 Å². The highest BCUT2D eigenvalue weighted by Gasteiger charge is 2.24. The van der Waals surface area contributed by atoms with Crippen molar-refractivity contribution >= 4 is 29.1 Å². The van der Waals surface area contributed by atoms with E-state index in [9.17, 15) is 19.5 Å². The molecule has 8 heteroatoms. The number of aliphatic carboxylic acids is 1. The van der Waals surface area contributed by atoms with Gasteiger partial charge in [0.05, 0.1) is 4.88 Å². The first-order chi connectivity index (χ1) is 18.9. The van der Waals surface area contributed by atoms with E-state index in [1.54, 1.807) is 23.2 Å². The van der Waals surface area contributed by atoms with Crippen molar-refractivity contribution in [3.05, 3.63) is 130 Å². The molecule has 1 aromatic heterocycles. The zero-order chi connectivity index (χ0) is 27.6. The fourth-order valence-corrected chi connectivity index (χ4v) is 5.51. The highest BCUT2D eigenvalue weighted by Crippen LogP contribution is 2.36. The summed E-state index contributed by atoms with van der Waals surface area (Å²) in [6.07, 6.45) is 9.55. The first-order valence-corrected chi connectivity index (χ1v) is 13.6. The summed E-state index contributed by atoms with van der Waals surface area (Å²) in [5.74, 6) is -1.13. The molecule has 0 aliphatic carbocycles. The molecule has 200 valence electrons. The first kappa shape index (κ1) is 27.6. The number of nitrogens with zero attached hydrogens (tertiary/aromatic N) is 1. The summed E-state index contributed by atoms with van der Waals surface area (Å²) >= 11 is 1.36. The summed E-state index contributed by atoms with van der Waals surface area (Å²) in [5, 5.41) is 15.5. The van der Waals surface area contributed by atoms with Crippen molar-refractivity contribution in [3.63, 3.8) is 0 Å². The van der Waals surface area contributed by atoms with Gasteiger partial charge >= 0.3 is 5.97 Å². The number of amides is 2. The number of allylic oxidation sites excluding steroid dienone is 4. The maximum atomic E-state index is 13.1. The second-order valence-corrected chi connectivity index (χ2v) is 10.2. The smallest absolute Gasteiger partial charge is 0.326 e. The minimum atomic E-state index is -1.11. The van der Waals surface area contributed by atoms with Gasteiger partial charge in [-0.2, -0.15) is 0 Å². The molecule has 0 unspecified atom stereocenters. The molecule has 2 amide bonds. The van der Waals surface area contributed by atoms with Gasteiger partial charge < -0.3 is 15.7 Å². The number of thiophene rings is 1. The van der Waals surface area contributed by atoms with E-state index in [0.717, 1.165) is 16.0 Å². The van der Waals surface area contributed by atoms with Crippen molar-refractivity contribution in [1.29, 1.82) is 0 Å². The standard InChI is InChI=1S/C31H31N3O4S/c1-22(35)34(28-17-9-4-10-20-32-28)21-11-16-25(31(37)38)33-30(36)27-19-18-26(39-27)29(23-12-5-2-6-13-23)24-14-7-3-8-15-24/h2-10,12-15,17-20,25,29,32H,11,16,21H2,1H3,(H,33,36)(H,37,38)/t25-/m0/s1. The summed E-state index contributed by atoms with van der Waals surface area (Å²) in [5.41, 5.74) is 2.22. The van der Waals surface area contributed by atoms with Crippen LogP contribution in [-0.2, 0) is 9.59 Å². The highest BCUT2D eigenvalue weighted by molar-refractivity contribution is 7.14. The zero-order valence-corrected chi connectivity index (χ0v) is 22.4. The molecule has 0 radical (unpaired) electrons. The lowest BCUT2D eigenvalue weighted by Crippen LogP contribution is -2.41. The molecule has 2 heterocycles. The Morgan fingerprint density at radius 3 is 2.21 bits per heavy atom. The number of hydrogen-bond donors (Lipinski definition) is 3. The lowest BCUT2D eigenvalue weighted by molar-refractivity contribution is -0.139. The van der Waals surface area contributed by atoms with E-state index in [1.165, 1.54) is 18.3 Å². The fourth-order valence-electron chi connectivity index (χ4n) is 4.45. The van der Waals surface area contributed by atoms with Crippen LogP contribution >= 0.6 is 11.3 Å². The van der Waals surface area contributed by atoms with E-state index >= 15 is 0 Å². The van der Waals surface area contributed by atoms with Crippen LogP contribution in [0.2, 0.25) is 0 Å². The quantitative estimate of drug-likeness (QED) is 0.308. The van der Waals surface area contributed by atoms with Gasteiger partial charge in [0.25, 0.3) is 5.91 Å². The zero-order valence-electron chi connectivity index (χ0n) is 21.6. The third-order valence-electron chi connectivity index (χ3n) is 6.35. The Labute approximate surface area is 232 Å². The number of carboxylic acids is 1. The van der Waals surface area contributed by atoms with Gasteiger partial charge in [0, 0.05) is 30.5 Å². The molecule has 1 atom stereocenters. The SMILES string of the molecule is CC(=O)N(CCC[C@H](NC(=O)c1ccc(C(c2ccccc2)c2ccccc2)s1)C(=O)O)C1=CC=CC=CN1. The second-order valence-electron chi connectivity index (χ2n) is 9.07. The Bertz CT molecular complexity index is 1340. The summed E-state index contributed by atoms with van der Waals surface area (Å²) in [4.78, 5) is 40.3. The minimum Gasteiger partial charge on any atom is -0.480 e. The van der Waals surface area contributed by atoms with E-state index < -0.39 is 17.9 Å². The van der Waals surface area contributed by atoms with Crippen molar-refractivity contribution in [2.75, 3.05) is 6.54 Å². The van der Waals surface area contributed by atoms with Gasteiger partial charge in [-0.1, -0.05) is 72.8 Å². The molecule has 4 rings (SSSR count). The molecule has 3 N–H and O–H groups in total. The van der Waals surface area contributed by atoms with Crippen molar-refractivity contribution in [1.82, 2.24) is 15.5 Å². The van der Waals surface area contributed by atoms with Gasteiger partial charge in [-0.25, -0.2) is 4.79 Å². The average Bonchev–Trinajstić information content (AvgIpc) is 3.26.